The number of nitrogens with zero attached hydrogens (tertiary/aromatic N) is 5. The van der Waals surface area contributed by atoms with Crippen molar-refractivity contribution in [3.63, 3.8) is 0 Å². The van der Waals surface area contributed by atoms with Crippen LogP contribution in [0.25, 0.3) is 10.9 Å². The lowest BCUT2D eigenvalue weighted by molar-refractivity contribution is 0.0949. The van der Waals surface area contributed by atoms with E-state index in [1.807, 2.05) is 11.0 Å². The molecular weight excluding hydrogens is 458 g/mol. The van der Waals surface area contributed by atoms with Gasteiger partial charge in [-0.15, -0.1) is 0 Å². The minimum absolute atomic E-state index is 0.00269. The maximum absolute atomic E-state index is 13.2. The van der Waals surface area contributed by atoms with Crippen molar-refractivity contribution in [1.82, 2.24) is 19.9 Å². The fraction of sp³-hybridized carbons (Fsp3) is 0.318. The average Bonchev–Trinajstić information content (AvgIpc) is 3.62. The van der Waals surface area contributed by atoms with Gasteiger partial charge < -0.3 is 14.8 Å². The maximum Gasteiger partial charge on any atom is 0.264 e. The summed E-state index contributed by atoms with van der Waals surface area (Å²) in [5, 5.41) is 17.7. The second-order valence-electron chi connectivity index (χ2n) is 8.58. The molecule has 0 spiro atoms. The van der Waals surface area contributed by atoms with Crippen LogP contribution in [0.3, 0.4) is 0 Å². The number of rotatable bonds is 6. The van der Waals surface area contributed by atoms with Gasteiger partial charge in [-0.05, 0) is 36.6 Å². The second kappa shape index (κ2) is 7.89. The number of nitrogens with two attached hydrogens (primary N) is 1. The molecule has 2 aliphatic rings. The quantitative estimate of drug-likeness (QED) is 0.507. The van der Waals surface area contributed by atoms with Gasteiger partial charge in [0.2, 0.25) is 10.0 Å². The first kappa shape index (κ1) is 22.0. The lowest BCUT2D eigenvalue weighted by Gasteiger charge is -2.33. The van der Waals surface area contributed by atoms with Crippen LogP contribution < -0.4 is 20.9 Å². The SMILES string of the molecule is N#Cc1ccc(CNC(=O)c2cc3ccnc4c3n(c2=O)CCN4CC2(S(N)(=O)=O)CC2)cn1. The summed E-state index contributed by atoms with van der Waals surface area (Å²) in [5.74, 6) is -0.0154. The van der Waals surface area contributed by atoms with Gasteiger partial charge in [0.15, 0.2) is 5.82 Å². The van der Waals surface area contributed by atoms with Crippen molar-refractivity contribution >= 4 is 32.7 Å². The molecule has 0 radical (unpaired) electrons. The first-order valence-corrected chi connectivity index (χ1v) is 12.2. The van der Waals surface area contributed by atoms with Crippen molar-refractivity contribution in [3.05, 3.63) is 63.8 Å². The Morgan fingerprint density at radius 2 is 2.03 bits per heavy atom. The third-order valence-electron chi connectivity index (χ3n) is 6.40. The molecule has 3 aromatic rings. The molecule has 1 saturated carbocycles. The molecule has 0 atom stereocenters. The van der Waals surface area contributed by atoms with E-state index in [1.165, 1.54) is 16.8 Å². The first-order valence-electron chi connectivity index (χ1n) is 10.7. The van der Waals surface area contributed by atoms with Gasteiger partial charge in [-0.1, -0.05) is 6.07 Å². The Bertz CT molecular complexity index is 1520. The lowest BCUT2D eigenvalue weighted by atomic mass is 10.1. The van der Waals surface area contributed by atoms with Gasteiger partial charge in [0, 0.05) is 44.0 Å². The third kappa shape index (κ3) is 3.68. The molecule has 3 aromatic heterocycles. The van der Waals surface area contributed by atoms with E-state index in [-0.39, 0.29) is 30.9 Å². The van der Waals surface area contributed by atoms with Crippen molar-refractivity contribution in [2.45, 2.75) is 30.7 Å². The number of amides is 1. The highest BCUT2D eigenvalue weighted by atomic mass is 32.2. The highest BCUT2D eigenvalue weighted by Crippen LogP contribution is 2.44. The minimum atomic E-state index is -3.71. The summed E-state index contributed by atoms with van der Waals surface area (Å²) in [6.45, 7) is 1.03. The van der Waals surface area contributed by atoms with Crippen molar-refractivity contribution in [1.29, 1.82) is 5.26 Å². The predicted molar refractivity (Wildman–Crippen MR) is 123 cm³/mol. The molecule has 5 rings (SSSR count). The molecule has 1 amide bonds. The molecule has 3 N–H and O–H groups in total. The topological polar surface area (TPSA) is 164 Å². The van der Waals surface area contributed by atoms with Gasteiger partial charge in [0.1, 0.15) is 22.1 Å². The fourth-order valence-electron chi connectivity index (χ4n) is 4.30. The monoisotopic (exact) mass is 479 g/mol. The van der Waals surface area contributed by atoms with Gasteiger partial charge in [-0.25, -0.2) is 23.5 Å². The normalized spacial score (nSPS) is 16.2. The number of nitrogens with one attached hydrogen (secondary N) is 1. The maximum atomic E-state index is 13.2. The Kier molecular flexibility index (Phi) is 5.11. The molecule has 174 valence electrons. The number of sulfonamides is 1. The number of anilines is 1. The van der Waals surface area contributed by atoms with E-state index < -0.39 is 26.2 Å². The Balaban J connectivity index is 1.44. The summed E-state index contributed by atoms with van der Waals surface area (Å²) in [6.07, 6.45) is 4.07. The lowest BCUT2D eigenvalue weighted by Crippen LogP contribution is -2.46. The smallest absolute Gasteiger partial charge is 0.264 e. The highest BCUT2D eigenvalue weighted by Gasteiger charge is 2.54. The summed E-state index contributed by atoms with van der Waals surface area (Å²) in [5.41, 5.74) is 1.10. The molecule has 1 aliphatic carbocycles. The molecule has 34 heavy (non-hydrogen) atoms. The largest absolute Gasteiger partial charge is 0.351 e. The average molecular weight is 480 g/mol. The zero-order chi connectivity index (χ0) is 24.1. The van der Waals surface area contributed by atoms with E-state index in [1.54, 1.807) is 24.4 Å². The van der Waals surface area contributed by atoms with Gasteiger partial charge in [-0.2, -0.15) is 5.26 Å². The molecule has 12 heteroatoms. The van der Waals surface area contributed by atoms with Crippen LogP contribution in [0.5, 0.6) is 0 Å². The number of carbonyl (C=O) groups is 1. The summed E-state index contributed by atoms with van der Waals surface area (Å²) in [4.78, 5) is 36.3. The third-order valence-corrected chi connectivity index (χ3v) is 8.15. The van der Waals surface area contributed by atoms with Crippen LogP contribution >= 0.6 is 0 Å². The highest BCUT2D eigenvalue weighted by molar-refractivity contribution is 7.90. The number of nitriles is 1. The van der Waals surface area contributed by atoms with Gasteiger partial charge in [0.25, 0.3) is 11.5 Å². The summed E-state index contributed by atoms with van der Waals surface area (Å²) >= 11 is 0. The zero-order valence-corrected chi connectivity index (χ0v) is 18.9. The molecular formula is C22H21N7O4S. The predicted octanol–water partition coefficient (Wildman–Crippen LogP) is 0.234. The van der Waals surface area contributed by atoms with Crippen LogP contribution in [-0.2, 0) is 23.1 Å². The van der Waals surface area contributed by atoms with Gasteiger partial charge in [-0.3, -0.25) is 9.59 Å². The van der Waals surface area contributed by atoms with Gasteiger partial charge in [0.05, 0.1) is 5.52 Å². The second-order valence-corrected chi connectivity index (χ2v) is 10.5. The zero-order valence-electron chi connectivity index (χ0n) is 18.1. The van der Waals surface area contributed by atoms with Crippen LogP contribution in [0, 0.1) is 11.3 Å². The molecule has 11 nitrogen and oxygen atoms in total. The first-order chi connectivity index (χ1) is 16.2. The standard InChI is InChI=1S/C22H21N7O4S/c23-10-16-2-1-14(11-26-16)12-27-20(30)17-9-15-3-6-25-19-18(15)29(21(17)31)8-7-28(19)13-22(4-5-22)34(24,32)33/h1-3,6,9,11H,4-5,7-8,12-13H2,(H,27,30)(H2,24,32,33). The molecule has 0 unspecified atom stereocenters. The number of pyridine rings is 3. The number of primary sulfonamides is 1. The van der Waals surface area contributed by atoms with Crippen LogP contribution in [0.15, 0.2) is 41.5 Å². The fourth-order valence-corrected chi connectivity index (χ4v) is 5.30. The summed E-state index contributed by atoms with van der Waals surface area (Å²) in [7, 11) is -3.71. The van der Waals surface area contributed by atoms with E-state index in [2.05, 4.69) is 15.3 Å². The van der Waals surface area contributed by atoms with Crippen molar-refractivity contribution in [2.24, 2.45) is 5.14 Å². The molecule has 1 aliphatic heterocycles. The number of aromatic nitrogens is 3. The Morgan fingerprint density at radius 3 is 2.68 bits per heavy atom. The Labute approximate surface area is 194 Å². The molecule has 4 heterocycles. The van der Waals surface area contributed by atoms with E-state index >= 15 is 0 Å². The Morgan fingerprint density at radius 1 is 1.24 bits per heavy atom. The summed E-state index contributed by atoms with van der Waals surface area (Å²) < 4.78 is 24.7. The van der Waals surface area contributed by atoms with E-state index in [0.29, 0.717) is 41.7 Å². The van der Waals surface area contributed by atoms with Crippen molar-refractivity contribution in [3.8, 4) is 6.07 Å². The van der Waals surface area contributed by atoms with E-state index in [9.17, 15) is 18.0 Å². The van der Waals surface area contributed by atoms with Crippen LogP contribution in [0.4, 0.5) is 5.82 Å². The molecule has 1 fully saturated rings. The van der Waals surface area contributed by atoms with E-state index in [0.717, 1.165) is 0 Å². The minimum Gasteiger partial charge on any atom is -0.351 e. The molecule has 0 bridgehead atoms. The van der Waals surface area contributed by atoms with E-state index in [4.69, 9.17) is 10.4 Å². The van der Waals surface area contributed by atoms with Crippen LogP contribution in [0.1, 0.15) is 34.5 Å². The van der Waals surface area contributed by atoms with Gasteiger partial charge >= 0.3 is 0 Å². The molecule has 0 saturated heterocycles. The van der Waals surface area contributed by atoms with Crippen molar-refractivity contribution in [2.75, 3.05) is 18.0 Å². The van der Waals surface area contributed by atoms with Crippen LogP contribution in [-0.4, -0.2) is 46.7 Å². The number of hydrogen-bond donors (Lipinski definition) is 2. The number of carbonyl (C=O) groups excluding carboxylic acids is 1. The molecule has 0 aromatic carbocycles. The van der Waals surface area contributed by atoms with Crippen molar-refractivity contribution < 1.29 is 13.2 Å². The van der Waals surface area contributed by atoms with Crippen LogP contribution in [0.2, 0.25) is 0 Å². The number of hydrogen-bond acceptors (Lipinski definition) is 8. The summed E-state index contributed by atoms with van der Waals surface area (Å²) in [6, 6.07) is 8.41. The Hall–Kier alpha value is -3.82.